The maximum absolute atomic E-state index is 11.9. The highest BCUT2D eigenvalue weighted by Crippen LogP contribution is 2.32. The van der Waals surface area contributed by atoms with Crippen LogP contribution in [0, 0.1) is 0 Å². The van der Waals surface area contributed by atoms with Crippen molar-refractivity contribution < 1.29 is 14.7 Å². The molecule has 0 fully saturated rings. The number of hydrazone groups is 1. The van der Waals surface area contributed by atoms with E-state index in [9.17, 15) is 14.7 Å². The number of hydrogen-bond donors (Lipinski definition) is 3. The van der Waals surface area contributed by atoms with E-state index in [0.29, 0.717) is 26.6 Å². The molecule has 0 radical (unpaired) electrons. The fourth-order valence-corrected chi connectivity index (χ4v) is 3.55. The van der Waals surface area contributed by atoms with E-state index in [0.717, 1.165) is 4.47 Å². The molecule has 2 aromatic carbocycles. The molecule has 0 aliphatic heterocycles. The Kier molecular flexibility index (Phi) is 8.46. The lowest BCUT2D eigenvalue weighted by Crippen LogP contribution is -2.18. The number of aromatic hydroxyl groups is 1. The summed E-state index contributed by atoms with van der Waals surface area (Å²) >= 11 is 9.78. The summed E-state index contributed by atoms with van der Waals surface area (Å²) in [5, 5.41) is 16.3. The second-order valence-electron chi connectivity index (χ2n) is 5.53. The molecule has 0 bridgehead atoms. The van der Waals surface area contributed by atoms with E-state index in [1.54, 1.807) is 24.3 Å². The Morgan fingerprint density at radius 2 is 1.59 bits per heavy atom. The lowest BCUT2D eigenvalue weighted by Gasteiger charge is -2.05. The monoisotopic (exact) mass is 559 g/mol. The number of nitrogens with zero attached hydrogens (tertiary/aromatic N) is 1. The lowest BCUT2D eigenvalue weighted by molar-refractivity contribution is -0.121. The Balaban J connectivity index is 1.71. The average molecular weight is 562 g/mol. The van der Waals surface area contributed by atoms with Crippen LogP contribution in [-0.2, 0) is 9.59 Å². The molecule has 0 aromatic heterocycles. The molecule has 0 spiro atoms. The van der Waals surface area contributed by atoms with Gasteiger partial charge in [-0.25, -0.2) is 5.43 Å². The Hall–Kier alpha value is -1.71. The highest BCUT2D eigenvalue weighted by atomic mass is 79.9. The zero-order valence-corrected chi connectivity index (χ0v) is 18.8. The standard InChI is InChI=1S/C18H16Br3N3O3/c19-12-4-6-13(7-5-12)23-16(25)2-1-3-17(26)24-22-10-11-8-14(20)18(27)15(21)9-11/h4-10,27H,1-3H2,(H,23,25)(H,24,26)/b22-10+. The van der Waals surface area contributed by atoms with Gasteiger partial charge in [0.15, 0.2) is 0 Å². The molecule has 2 rings (SSSR count). The Labute approximate surface area is 181 Å². The van der Waals surface area contributed by atoms with Crippen LogP contribution < -0.4 is 10.7 Å². The van der Waals surface area contributed by atoms with Crippen molar-refractivity contribution in [3.63, 3.8) is 0 Å². The van der Waals surface area contributed by atoms with Crippen molar-refractivity contribution in [2.24, 2.45) is 5.10 Å². The minimum absolute atomic E-state index is 0.0950. The van der Waals surface area contributed by atoms with Crippen molar-refractivity contribution in [1.82, 2.24) is 5.43 Å². The van der Waals surface area contributed by atoms with Gasteiger partial charge in [-0.15, -0.1) is 0 Å². The third kappa shape index (κ3) is 7.43. The number of halogens is 3. The van der Waals surface area contributed by atoms with Gasteiger partial charge in [-0.1, -0.05) is 15.9 Å². The Bertz CT molecular complexity index is 832. The third-order valence-corrected chi connectivity index (χ3v) is 5.12. The SMILES string of the molecule is O=C(CCCC(=O)Nc1ccc(Br)cc1)N/N=C/c1cc(Br)c(O)c(Br)c1. The zero-order chi connectivity index (χ0) is 19.8. The molecule has 3 N–H and O–H groups in total. The van der Waals surface area contributed by atoms with Gasteiger partial charge in [0.2, 0.25) is 11.8 Å². The molecule has 0 atom stereocenters. The number of phenols is 1. The molecule has 27 heavy (non-hydrogen) atoms. The number of hydrogen-bond acceptors (Lipinski definition) is 4. The molecule has 9 heteroatoms. The molecular formula is C18H16Br3N3O3. The van der Waals surface area contributed by atoms with Crippen LogP contribution in [0.5, 0.6) is 5.75 Å². The predicted octanol–water partition coefficient (Wildman–Crippen LogP) is 4.94. The van der Waals surface area contributed by atoms with Gasteiger partial charge >= 0.3 is 0 Å². The van der Waals surface area contributed by atoms with Gasteiger partial charge in [0, 0.05) is 23.0 Å². The van der Waals surface area contributed by atoms with Gasteiger partial charge in [0.25, 0.3) is 0 Å². The molecular weight excluding hydrogens is 546 g/mol. The van der Waals surface area contributed by atoms with E-state index in [1.165, 1.54) is 6.21 Å². The summed E-state index contributed by atoms with van der Waals surface area (Å²) in [6.45, 7) is 0. The van der Waals surface area contributed by atoms with Crippen LogP contribution in [0.15, 0.2) is 54.9 Å². The summed E-state index contributed by atoms with van der Waals surface area (Å²) in [5.74, 6) is -0.329. The smallest absolute Gasteiger partial charge is 0.240 e. The van der Waals surface area contributed by atoms with E-state index in [1.807, 2.05) is 12.1 Å². The molecule has 142 valence electrons. The van der Waals surface area contributed by atoms with Crippen molar-refractivity contribution in [3.8, 4) is 5.75 Å². The largest absolute Gasteiger partial charge is 0.506 e. The molecule has 6 nitrogen and oxygen atoms in total. The van der Waals surface area contributed by atoms with Crippen LogP contribution in [0.4, 0.5) is 5.69 Å². The van der Waals surface area contributed by atoms with Gasteiger partial charge in [0.1, 0.15) is 5.75 Å². The average Bonchev–Trinajstić information content (AvgIpc) is 2.61. The summed E-state index contributed by atoms with van der Waals surface area (Å²) in [4.78, 5) is 23.6. The molecule has 0 aliphatic rings. The molecule has 0 saturated carbocycles. The second kappa shape index (κ2) is 10.6. The second-order valence-corrected chi connectivity index (χ2v) is 8.16. The van der Waals surface area contributed by atoms with E-state index in [-0.39, 0.29) is 30.4 Å². The quantitative estimate of drug-likeness (QED) is 0.330. The summed E-state index contributed by atoms with van der Waals surface area (Å²) in [6.07, 6.45) is 2.31. The first-order chi connectivity index (χ1) is 12.8. The summed E-state index contributed by atoms with van der Waals surface area (Å²) in [6, 6.07) is 10.6. The van der Waals surface area contributed by atoms with Gasteiger partial charge in [0.05, 0.1) is 15.2 Å². The van der Waals surface area contributed by atoms with Crippen LogP contribution in [0.2, 0.25) is 0 Å². The maximum Gasteiger partial charge on any atom is 0.240 e. The van der Waals surface area contributed by atoms with E-state index >= 15 is 0 Å². The minimum Gasteiger partial charge on any atom is -0.506 e. The molecule has 0 unspecified atom stereocenters. The van der Waals surface area contributed by atoms with Crippen molar-refractivity contribution in [1.29, 1.82) is 0 Å². The van der Waals surface area contributed by atoms with Crippen LogP contribution in [0.25, 0.3) is 0 Å². The normalized spacial score (nSPS) is 10.8. The first kappa shape index (κ1) is 21.6. The lowest BCUT2D eigenvalue weighted by atomic mass is 10.2. The van der Waals surface area contributed by atoms with Crippen LogP contribution in [0.1, 0.15) is 24.8 Å². The number of nitrogens with one attached hydrogen (secondary N) is 2. The zero-order valence-electron chi connectivity index (χ0n) is 14.0. The van der Waals surface area contributed by atoms with E-state index in [4.69, 9.17) is 0 Å². The van der Waals surface area contributed by atoms with Gasteiger partial charge in [-0.2, -0.15) is 5.10 Å². The maximum atomic E-state index is 11.9. The Morgan fingerprint density at radius 3 is 2.22 bits per heavy atom. The number of amides is 2. The van der Waals surface area contributed by atoms with Crippen molar-refractivity contribution in [3.05, 3.63) is 55.4 Å². The van der Waals surface area contributed by atoms with Gasteiger partial charge in [-0.3, -0.25) is 9.59 Å². The first-order valence-electron chi connectivity index (χ1n) is 7.90. The summed E-state index contributed by atoms with van der Waals surface area (Å²) in [5.41, 5.74) is 3.82. The third-order valence-electron chi connectivity index (χ3n) is 3.38. The number of carbonyl (C=O) groups excluding carboxylic acids is 2. The molecule has 2 aromatic rings. The predicted molar refractivity (Wildman–Crippen MR) is 116 cm³/mol. The number of phenolic OH excluding ortho intramolecular Hbond substituents is 1. The van der Waals surface area contributed by atoms with E-state index < -0.39 is 0 Å². The first-order valence-corrected chi connectivity index (χ1v) is 10.3. The fourth-order valence-electron chi connectivity index (χ4n) is 2.06. The minimum atomic E-state index is -0.278. The highest BCUT2D eigenvalue weighted by Gasteiger charge is 2.06. The topological polar surface area (TPSA) is 90.8 Å². The van der Waals surface area contributed by atoms with E-state index in [2.05, 4.69) is 63.6 Å². The summed E-state index contributed by atoms with van der Waals surface area (Å²) in [7, 11) is 0. The number of benzene rings is 2. The highest BCUT2D eigenvalue weighted by molar-refractivity contribution is 9.11. The summed E-state index contributed by atoms with van der Waals surface area (Å²) < 4.78 is 1.97. The van der Waals surface area contributed by atoms with Crippen LogP contribution >= 0.6 is 47.8 Å². The molecule has 2 amide bonds. The number of carbonyl (C=O) groups is 2. The van der Waals surface area contributed by atoms with Crippen molar-refractivity contribution in [2.75, 3.05) is 5.32 Å². The van der Waals surface area contributed by atoms with Crippen molar-refractivity contribution >= 4 is 71.5 Å². The Morgan fingerprint density at radius 1 is 1.00 bits per heavy atom. The molecule has 0 saturated heterocycles. The van der Waals surface area contributed by atoms with Crippen LogP contribution in [-0.4, -0.2) is 23.1 Å². The van der Waals surface area contributed by atoms with Gasteiger partial charge in [-0.05, 0) is 80.2 Å². The molecule has 0 aliphatic carbocycles. The number of rotatable bonds is 7. The fraction of sp³-hybridized carbons (Fsp3) is 0.167. The van der Waals surface area contributed by atoms with Crippen molar-refractivity contribution in [2.45, 2.75) is 19.3 Å². The number of anilines is 1. The van der Waals surface area contributed by atoms with Gasteiger partial charge < -0.3 is 10.4 Å². The van der Waals surface area contributed by atoms with Crippen LogP contribution in [0.3, 0.4) is 0 Å². The molecule has 0 heterocycles.